The molecule has 7 heteroatoms. The summed E-state index contributed by atoms with van der Waals surface area (Å²) >= 11 is 0. The third kappa shape index (κ3) is 3.13. The van der Waals surface area contributed by atoms with Crippen molar-refractivity contribution in [2.45, 2.75) is 32.4 Å². The van der Waals surface area contributed by atoms with Crippen LogP contribution in [0.5, 0.6) is 0 Å². The Morgan fingerprint density at radius 1 is 1.30 bits per heavy atom. The van der Waals surface area contributed by atoms with Crippen LogP contribution in [0.3, 0.4) is 0 Å². The molecule has 2 aliphatic heterocycles. The number of rotatable bonds is 3. The normalized spacial score (nSPS) is 26.9. The van der Waals surface area contributed by atoms with Crippen molar-refractivity contribution in [1.82, 2.24) is 19.9 Å². The number of amides is 1. The smallest absolute Gasteiger partial charge is 0.259 e. The molecule has 1 aromatic heterocycles. The van der Waals surface area contributed by atoms with Crippen molar-refractivity contribution in [3.05, 3.63) is 17.0 Å². The van der Waals surface area contributed by atoms with Gasteiger partial charge >= 0.3 is 0 Å². The molecule has 2 fully saturated rings. The van der Waals surface area contributed by atoms with Crippen molar-refractivity contribution in [3.63, 3.8) is 0 Å². The third-order valence-corrected chi connectivity index (χ3v) is 5.04. The van der Waals surface area contributed by atoms with Gasteiger partial charge in [0.1, 0.15) is 11.3 Å². The van der Waals surface area contributed by atoms with Gasteiger partial charge in [-0.15, -0.1) is 0 Å². The zero-order valence-electron chi connectivity index (χ0n) is 14.2. The van der Waals surface area contributed by atoms with Gasteiger partial charge in [0.2, 0.25) is 0 Å². The van der Waals surface area contributed by atoms with E-state index in [1.807, 2.05) is 6.92 Å². The molecule has 2 atom stereocenters. The fraction of sp³-hybridized carbons (Fsp3) is 0.750. The first-order chi connectivity index (χ1) is 11.0. The molecule has 1 amide bonds. The summed E-state index contributed by atoms with van der Waals surface area (Å²) in [5.41, 5.74) is 1.27. The van der Waals surface area contributed by atoms with E-state index in [9.17, 15) is 9.90 Å². The van der Waals surface area contributed by atoms with E-state index >= 15 is 0 Å². The molecule has 2 saturated heterocycles. The number of aryl methyl sites for hydroxylation is 2. The summed E-state index contributed by atoms with van der Waals surface area (Å²) in [6.45, 7) is 8.55. The standard InChI is InChI=1S/C16H26N4O3/c1-4-12-15(11(2)23-17-12)16(22)20-9-13(14(21)10-20)19-7-5-18(3)6-8-19/h13-14,21H,4-10H2,1-3H3/t13-,14-/m1/s1. The molecule has 0 bridgehead atoms. The van der Waals surface area contributed by atoms with E-state index in [0.717, 1.165) is 26.2 Å². The number of carbonyl (C=O) groups excluding carboxylic acids is 1. The molecule has 0 unspecified atom stereocenters. The highest BCUT2D eigenvalue weighted by Crippen LogP contribution is 2.23. The van der Waals surface area contributed by atoms with E-state index in [1.54, 1.807) is 11.8 Å². The number of nitrogens with zero attached hydrogens (tertiary/aromatic N) is 4. The lowest BCUT2D eigenvalue weighted by Crippen LogP contribution is -2.52. The number of aliphatic hydroxyl groups is 1. The quantitative estimate of drug-likeness (QED) is 0.843. The molecular formula is C16H26N4O3. The predicted octanol–water partition coefficient (Wildman–Crippen LogP) is -0.0219. The average Bonchev–Trinajstić information content (AvgIpc) is 3.10. The molecule has 0 aromatic carbocycles. The lowest BCUT2D eigenvalue weighted by atomic mass is 10.1. The van der Waals surface area contributed by atoms with Crippen molar-refractivity contribution < 1.29 is 14.4 Å². The Morgan fingerprint density at radius 3 is 2.65 bits per heavy atom. The summed E-state index contributed by atoms with van der Waals surface area (Å²) in [7, 11) is 2.11. The average molecular weight is 322 g/mol. The number of piperazine rings is 1. The second-order valence-corrected chi connectivity index (χ2v) is 6.60. The summed E-state index contributed by atoms with van der Waals surface area (Å²) in [6.07, 6.45) is 0.170. The highest BCUT2D eigenvalue weighted by atomic mass is 16.5. The molecule has 3 rings (SSSR count). The zero-order valence-corrected chi connectivity index (χ0v) is 14.2. The van der Waals surface area contributed by atoms with Crippen LogP contribution in [0.25, 0.3) is 0 Å². The van der Waals surface area contributed by atoms with Gasteiger partial charge in [-0.1, -0.05) is 12.1 Å². The Labute approximate surface area is 136 Å². The first-order valence-electron chi connectivity index (χ1n) is 8.36. The van der Waals surface area contributed by atoms with Gasteiger partial charge in [0.15, 0.2) is 0 Å². The minimum Gasteiger partial charge on any atom is -0.390 e. The van der Waals surface area contributed by atoms with E-state index in [4.69, 9.17) is 4.52 Å². The molecule has 23 heavy (non-hydrogen) atoms. The summed E-state index contributed by atoms with van der Waals surface area (Å²) in [4.78, 5) is 19.2. The largest absolute Gasteiger partial charge is 0.390 e. The Bertz CT molecular complexity index is 566. The molecule has 1 N–H and O–H groups in total. The molecule has 0 radical (unpaired) electrons. The monoisotopic (exact) mass is 322 g/mol. The molecule has 0 spiro atoms. The van der Waals surface area contributed by atoms with Gasteiger partial charge in [0, 0.05) is 39.3 Å². The summed E-state index contributed by atoms with van der Waals surface area (Å²) in [5.74, 6) is 0.487. The molecular weight excluding hydrogens is 296 g/mol. The van der Waals surface area contributed by atoms with Crippen LogP contribution in [0.15, 0.2) is 4.52 Å². The first-order valence-corrected chi connectivity index (χ1v) is 8.36. The highest BCUT2D eigenvalue weighted by Gasteiger charge is 2.39. The van der Waals surface area contributed by atoms with E-state index in [1.165, 1.54) is 0 Å². The number of aromatic nitrogens is 1. The molecule has 1 aromatic rings. The number of aliphatic hydroxyl groups excluding tert-OH is 1. The second kappa shape index (κ2) is 6.59. The van der Waals surface area contributed by atoms with Gasteiger partial charge in [0.25, 0.3) is 5.91 Å². The lowest BCUT2D eigenvalue weighted by molar-refractivity contribution is 0.0512. The van der Waals surface area contributed by atoms with E-state index in [0.29, 0.717) is 36.5 Å². The minimum absolute atomic E-state index is 0.0258. The third-order valence-electron chi connectivity index (χ3n) is 5.04. The van der Waals surface area contributed by atoms with Gasteiger partial charge in [-0.05, 0) is 20.4 Å². The van der Waals surface area contributed by atoms with Gasteiger partial charge < -0.3 is 19.4 Å². The Balaban J connectivity index is 1.70. The van der Waals surface area contributed by atoms with E-state index in [-0.39, 0.29) is 11.9 Å². The maximum atomic E-state index is 12.8. The van der Waals surface area contributed by atoms with Crippen LogP contribution in [0.2, 0.25) is 0 Å². The van der Waals surface area contributed by atoms with Crippen molar-refractivity contribution in [2.24, 2.45) is 0 Å². The van der Waals surface area contributed by atoms with Crippen LogP contribution in [-0.4, -0.2) is 89.3 Å². The Morgan fingerprint density at radius 2 is 2.00 bits per heavy atom. The van der Waals surface area contributed by atoms with Gasteiger partial charge in [0.05, 0.1) is 17.8 Å². The molecule has 2 aliphatic rings. The fourth-order valence-corrected chi connectivity index (χ4v) is 3.54. The molecule has 0 aliphatic carbocycles. The maximum Gasteiger partial charge on any atom is 0.259 e. The van der Waals surface area contributed by atoms with Gasteiger partial charge in [-0.2, -0.15) is 0 Å². The van der Waals surface area contributed by atoms with Crippen LogP contribution < -0.4 is 0 Å². The van der Waals surface area contributed by atoms with Gasteiger partial charge in [-0.3, -0.25) is 9.69 Å². The minimum atomic E-state index is -0.493. The number of β-amino-alcohol motifs (C(OH)–C–C–N with tert-alkyl or cyclic N) is 1. The van der Waals surface area contributed by atoms with Crippen LogP contribution in [0.1, 0.15) is 28.7 Å². The van der Waals surface area contributed by atoms with Crippen molar-refractivity contribution in [3.8, 4) is 0 Å². The number of carbonyl (C=O) groups is 1. The zero-order chi connectivity index (χ0) is 16.6. The molecule has 3 heterocycles. The van der Waals surface area contributed by atoms with Crippen LogP contribution >= 0.6 is 0 Å². The molecule has 0 saturated carbocycles. The Kier molecular flexibility index (Phi) is 4.70. The molecule has 128 valence electrons. The number of hydrogen-bond acceptors (Lipinski definition) is 6. The molecule has 7 nitrogen and oxygen atoms in total. The van der Waals surface area contributed by atoms with Crippen LogP contribution in [-0.2, 0) is 6.42 Å². The van der Waals surface area contributed by atoms with Crippen molar-refractivity contribution >= 4 is 5.91 Å². The Hall–Kier alpha value is -1.44. The second-order valence-electron chi connectivity index (χ2n) is 6.60. The fourth-order valence-electron chi connectivity index (χ4n) is 3.54. The summed E-state index contributed by atoms with van der Waals surface area (Å²) in [6, 6.07) is 0.0258. The predicted molar refractivity (Wildman–Crippen MR) is 85.4 cm³/mol. The van der Waals surface area contributed by atoms with Crippen LogP contribution in [0, 0.1) is 6.92 Å². The SMILES string of the molecule is CCc1noc(C)c1C(=O)N1C[C@@H](O)[C@H](N2CCN(C)CC2)C1. The lowest BCUT2D eigenvalue weighted by Gasteiger charge is -2.37. The number of hydrogen-bond donors (Lipinski definition) is 1. The maximum absolute atomic E-state index is 12.8. The summed E-state index contributed by atoms with van der Waals surface area (Å²) in [5, 5.41) is 14.4. The van der Waals surface area contributed by atoms with Crippen molar-refractivity contribution in [1.29, 1.82) is 0 Å². The highest BCUT2D eigenvalue weighted by molar-refractivity contribution is 5.96. The summed E-state index contributed by atoms with van der Waals surface area (Å²) < 4.78 is 5.17. The van der Waals surface area contributed by atoms with E-state index in [2.05, 4.69) is 22.0 Å². The number of likely N-dealkylation sites (N-methyl/N-ethyl adjacent to an activating group) is 1. The number of likely N-dealkylation sites (tertiary alicyclic amines) is 1. The van der Waals surface area contributed by atoms with Gasteiger partial charge in [-0.25, -0.2) is 0 Å². The van der Waals surface area contributed by atoms with Crippen molar-refractivity contribution in [2.75, 3.05) is 46.3 Å². The topological polar surface area (TPSA) is 73.0 Å². The van der Waals surface area contributed by atoms with E-state index < -0.39 is 6.10 Å². The first kappa shape index (κ1) is 16.4. The van der Waals surface area contributed by atoms with Crippen LogP contribution in [0.4, 0.5) is 0 Å².